The number of sulfone groups is 1. The zero-order valence-corrected chi connectivity index (χ0v) is 12.4. The number of hydrogen-bond acceptors (Lipinski definition) is 5. The molecule has 4 nitrogen and oxygen atoms in total. The number of rotatable bonds is 4. The van der Waals surface area contributed by atoms with Crippen LogP contribution in [0.4, 0.5) is 11.4 Å². The molecule has 0 fully saturated rings. The monoisotopic (exact) mass is 296 g/mol. The second kappa shape index (κ2) is 5.22. The predicted octanol–water partition coefficient (Wildman–Crippen LogP) is 2.65. The van der Waals surface area contributed by atoms with E-state index in [2.05, 4.69) is 24.4 Å². The second-order valence-electron chi connectivity index (χ2n) is 4.39. The van der Waals surface area contributed by atoms with Crippen LogP contribution in [0.5, 0.6) is 0 Å². The molecule has 0 atom stereocenters. The smallest absolute Gasteiger partial charge is 0.175 e. The molecule has 2 aromatic rings. The Hall–Kier alpha value is -1.53. The fourth-order valence-corrected chi connectivity index (χ4v) is 3.18. The Morgan fingerprint density at radius 1 is 1.26 bits per heavy atom. The minimum absolute atomic E-state index is 0.238. The van der Waals surface area contributed by atoms with E-state index in [9.17, 15) is 8.42 Å². The largest absolute Gasteiger partial charge is 0.397 e. The van der Waals surface area contributed by atoms with Crippen LogP contribution in [0, 0.1) is 6.92 Å². The van der Waals surface area contributed by atoms with Gasteiger partial charge in [-0.05, 0) is 37.3 Å². The van der Waals surface area contributed by atoms with Gasteiger partial charge >= 0.3 is 0 Å². The highest BCUT2D eigenvalue weighted by Gasteiger charge is 2.09. The fourth-order valence-electron chi connectivity index (χ4n) is 1.69. The van der Waals surface area contributed by atoms with Crippen LogP contribution in [0.15, 0.2) is 35.2 Å². The van der Waals surface area contributed by atoms with Gasteiger partial charge in [-0.25, -0.2) is 8.42 Å². The standard InChI is InChI=1S/C13H16N2O2S2/c1-9-3-4-10(18-9)8-15-13-6-5-11(7-12(13)14)19(2,16)17/h3-7,15H,8,14H2,1-2H3. The Labute approximate surface area is 117 Å². The average Bonchev–Trinajstić information content (AvgIpc) is 2.72. The molecular weight excluding hydrogens is 280 g/mol. The van der Waals surface area contributed by atoms with Crippen LogP contribution in [0.1, 0.15) is 9.75 Å². The van der Waals surface area contributed by atoms with E-state index in [0.717, 1.165) is 5.69 Å². The molecule has 1 aromatic heterocycles. The topological polar surface area (TPSA) is 72.2 Å². The molecule has 102 valence electrons. The van der Waals surface area contributed by atoms with Crippen molar-refractivity contribution in [2.75, 3.05) is 17.3 Å². The van der Waals surface area contributed by atoms with E-state index >= 15 is 0 Å². The maximum atomic E-state index is 11.4. The summed E-state index contributed by atoms with van der Waals surface area (Å²) in [6, 6.07) is 8.88. The molecule has 0 saturated carbocycles. The van der Waals surface area contributed by atoms with Crippen LogP contribution in [-0.2, 0) is 16.4 Å². The minimum atomic E-state index is -3.21. The summed E-state index contributed by atoms with van der Waals surface area (Å²) in [6.07, 6.45) is 1.17. The third-order valence-corrected chi connectivity index (χ3v) is 4.81. The van der Waals surface area contributed by atoms with Crippen LogP contribution in [0.2, 0.25) is 0 Å². The van der Waals surface area contributed by atoms with Gasteiger partial charge in [-0.2, -0.15) is 0 Å². The van der Waals surface area contributed by atoms with Gasteiger partial charge in [-0.3, -0.25) is 0 Å². The van der Waals surface area contributed by atoms with E-state index in [0.29, 0.717) is 12.2 Å². The van der Waals surface area contributed by atoms with Crippen molar-refractivity contribution < 1.29 is 8.42 Å². The summed E-state index contributed by atoms with van der Waals surface area (Å²) in [5, 5.41) is 3.21. The summed E-state index contributed by atoms with van der Waals surface area (Å²) < 4.78 is 22.8. The predicted molar refractivity (Wildman–Crippen MR) is 80.3 cm³/mol. The molecule has 3 N–H and O–H groups in total. The summed E-state index contributed by atoms with van der Waals surface area (Å²) in [6.45, 7) is 2.74. The lowest BCUT2D eigenvalue weighted by molar-refractivity contribution is 0.602. The summed E-state index contributed by atoms with van der Waals surface area (Å²) in [5.74, 6) is 0. The second-order valence-corrected chi connectivity index (χ2v) is 7.78. The van der Waals surface area contributed by atoms with E-state index < -0.39 is 9.84 Å². The molecule has 19 heavy (non-hydrogen) atoms. The summed E-state index contributed by atoms with van der Waals surface area (Å²) >= 11 is 1.72. The van der Waals surface area contributed by atoms with Crippen LogP contribution in [-0.4, -0.2) is 14.7 Å². The van der Waals surface area contributed by atoms with Crippen LogP contribution < -0.4 is 11.1 Å². The Kier molecular flexibility index (Phi) is 3.82. The first-order valence-corrected chi connectivity index (χ1v) is 8.46. The first-order valence-electron chi connectivity index (χ1n) is 5.75. The maximum absolute atomic E-state index is 11.4. The van der Waals surface area contributed by atoms with Gasteiger partial charge in [0, 0.05) is 22.6 Å². The Bertz CT molecular complexity index is 690. The van der Waals surface area contributed by atoms with Crippen LogP contribution in [0.25, 0.3) is 0 Å². The highest BCUT2D eigenvalue weighted by atomic mass is 32.2. The molecule has 1 heterocycles. The van der Waals surface area contributed by atoms with Gasteiger partial charge < -0.3 is 11.1 Å². The first kappa shape index (κ1) is 13.9. The minimum Gasteiger partial charge on any atom is -0.397 e. The van der Waals surface area contributed by atoms with Crippen molar-refractivity contribution in [3.63, 3.8) is 0 Å². The number of nitrogens with one attached hydrogen (secondary N) is 1. The van der Waals surface area contributed by atoms with E-state index in [1.165, 1.54) is 22.1 Å². The third-order valence-electron chi connectivity index (χ3n) is 2.70. The number of nitrogen functional groups attached to an aromatic ring is 1. The van der Waals surface area contributed by atoms with Crippen molar-refractivity contribution in [1.29, 1.82) is 0 Å². The quantitative estimate of drug-likeness (QED) is 0.851. The average molecular weight is 296 g/mol. The molecule has 0 aliphatic heterocycles. The molecule has 6 heteroatoms. The lowest BCUT2D eigenvalue weighted by Crippen LogP contribution is -2.04. The fraction of sp³-hybridized carbons (Fsp3) is 0.231. The van der Waals surface area contributed by atoms with Gasteiger partial charge in [-0.15, -0.1) is 11.3 Å². The molecule has 0 radical (unpaired) electrons. The Morgan fingerprint density at radius 2 is 2.00 bits per heavy atom. The molecule has 0 aliphatic carbocycles. The van der Waals surface area contributed by atoms with E-state index in [1.54, 1.807) is 23.5 Å². The van der Waals surface area contributed by atoms with Crippen molar-refractivity contribution in [2.24, 2.45) is 0 Å². The van der Waals surface area contributed by atoms with E-state index in [1.807, 2.05) is 0 Å². The number of nitrogens with two attached hydrogens (primary N) is 1. The van der Waals surface area contributed by atoms with Gasteiger partial charge in [-0.1, -0.05) is 0 Å². The normalized spacial score (nSPS) is 11.5. The number of hydrogen-bond donors (Lipinski definition) is 2. The van der Waals surface area contributed by atoms with Gasteiger partial charge in [0.05, 0.1) is 16.3 Å². The molecule has 2 rings (SSSR count). The summed E-state index contributed by atoms with van der Waals surface area (Å²) in [7, 11) is -3.21. The SMILES string of the molecule is Cc1ccc(CNc2ccc(S(C)(=O)=O)cc2N)s1. The first-order chi connectivity index (χ1) is 8.86. The number of benzene rings is 1. The van der Waals surface area contributed by atoms with Crippen molar-refractivity contribution in [3.8, 4) is 0 Å². The highest BCUT2D eigenvalue weighted by molar-refractivity contribution is 7.90. The van der Waals surface area contributed by atoms with Gasteiger partial charge in [0.25, 0.3) is 0 Å². The maximum Gasteiger partial charge on any atom is 0.175 e. The third kappa shape index (κ3) is 3.48. The number of aryl methyl sites for hydroxylation is 1. The Balaban J connectivity index is 2.14. The zero-order chi connectivity index (χ0) is 14.0. The molecule has 0 spiro atoms. The summed E-state index contributed by atoms with van der Waals surface area (Å²) in [5.41, 5.74) is 7.05. The summed E-state index contributed by atoms with van der Waals surface area (Å²) in [4.78, 5) is 2.71. The van der Waals surface area contributed by atoms with Crippen LogP contribution in [0.3, 0.4) is 0 Å². The molecule has 0 amide bonds. The molecule has 1 aromatic carbocycles. The van der Waals surface area contributed by atoms with Crippen molar-refractivity contribution in [3.05, 3.63) is 40.1 Å². The van der Waals surface area contributed by atoms with E-state index in [4.69, 9.17) is 5.73 Å². The van der Waals surface area contributed by atoms with Gasteiger partial charge in [0.15, 0.2) is 9.84 Å². The number of anilines is 2. The van der Waals surface area contributed by atoms with Crippen molar-refractivity contribution in [1.82, 2.24) is 0 Å². The van der Waals surface area contributed by atoms with Gasteiger partial charge in [0.2, 0.25) is 0 Å². The van der Waals surface area contributed by atoms with Gasteiger partial charge in [0.1, 0.15) is 0 Å². The number of thiophene rings is 1. The van der Waals surface area contributed by atoms with Crippen molar-refractivity contribution in [2.45, 2.75) is 18.4 Å². The molecule has 0 bridgehead atoms. The van der Waals surface area contributed by atoms with E-state index in [-0.39, 0.29) is 4.90 Å². The van der Waals surface area contributed by atoms with Crippen LogP contribution >= 0.6 is 11.3 Å². The lowest BCUT2D eigenvalue weighted by Gasteiger charge is -2.09. The van der Waals surface area contributed by atoms with Crippen molar-refractivity contribution >= 4 is 32.5 Å². The lowest BCUT2D eigenvalue weighted by atomic mass is 10.2. The molecule has 0 saturated heterocycles. The molecular formula is C13H16N2O2S2. The zero-order valence-electron chi connectivity index (χ0n) is 10.8. The highest BCUT2D eigenvalue weighted by Crippen LogP contribution is 2.24. The Morgan fingerprint density at radius 3 is 2.53 bits per heavy atom. The molecule has 0 unspecified atom stereocenters. The molecule has 0 aliphatic rings.